The third kappa shape index (κ3) is 5.16. The van der Waals surface area contributed by atoms with E-state index in [0.29, 0.717) is 40.9 Å². The number of nitrogens with zero attached hydrogens (tertiary/aromatic N) is 2. The molecule has 0 saturated carbocycles. The zero-order chi connectivity index (χ0) is 20.8. The lowest BCUT2D eigenvalue weighted by molar-refractivity contribution is 0.0527. The maximum Gasteiger partial charge on any atom is 0.340 e. The van der Waals surface area contributed by atoms with Crippen LogP contribution in [0.15, 0.2) is 54.6 Å². The summed E-state index contributed by atoms with van der Waals surface area (Å²) >= 11 is 0. The van der Waals surface area contributed by atoms with Crippen LogP contribution >= 0.6 is 0 Å². The highest BCUT2D eigenvalue weighted by Gasteiger charge is 2.13. The molecule has 7 nitrogen and oxygen atoms in total. The van der Waals surface area contributed by atoms with E-state index < -0.39 is 5.97 Å². The monoisotopic (exact) mass is 390 g/mol. The van der Waals surface area contributed by atoms with Crippen molar-refractivity contribution in [1.82, 2.24) is 9.97 Å². The Balaban J connectivity index is 1.86. The van der Waals surface area contributed by atoms with Crippen molar-refractivity contribution < 1.29 is 14.3 Å². The minimum absolute atomic E-state index is 0.0169. The summed E-state index contributed by atoms with van der Waals surface area (Å²) in [4.78, 5) is 32.6. The molecule has 2 aromatic carbocycles. The molecule has 0 amide bonds. The third-order valence-corrected chi connectivity index (χ3v) is 4.06. The van der Waals surface area contributed by atoms with Gasteiger partial charge >= 0.3 is 5.97 Å². The van der Waals surface area contributed by atoms with Gasteiger partial charge in [-0.1, -0.05) is 24.3 Å². The number of nitrogens with one attached hydrogen (secondary N) is 2. The Morgan fingerprint density at radius 1 is 1.00 bits per heavy atom. The Labute approximate surface area is 169 Å². The zero-order valence-corrected chi connectivity index (χ0v) is 16.5. The summed E-state index contributed by atoms with van der Waals surface area (Å²) in [5.41, 5.74) is 3.06. The molecular formula is C22H22N4O3. The number of para-hydroxylation sites is 1. The summed E-state index contributed by atoms with van der Waals surface area (Å²) in [6, 6.07) is 16.0. The second-order valence-corrected chi connectivity index (χ2v) is 6.37. The minimum Gasteiger partial charge on any atom is -0.462 e. The number of Topliss-reactive ketones (excluding diaryl/α,β-unsaturated/α-hetero) is 1. The number of benzene rings is 2. The lowest BCUT2D eigenvalue weighted by Gasteiger charge is -2.13. The van der Waals surface area contributed by atoms with E-state index in [0.717, 1.165) is 5.69 Å². The van der Waals surface area contributed by atoms with Crippen LogP contribution in [-0.4, -0.2) is 28.3 Å². The first-order chi connectivity index (χ1) is 14.0. The van der Waals surface area contributed by atoms with Crippen molar-refractivity contribution in [1.29, 1.82) is 0 Å². The summed E-state index contributed by atoms with van der Waals surface area (Å²) in [7, 11) is 0. The van der Waals surface area contributed by atoms with Gasteiger partial charge < -0.3 is 15.4 Å². The van der Waals surface area contributed by atoms with E-state index in [9.17, 15) is 9.59 Å². The van der Waals surface area contributed by atoms with E-state index in [1.807, 2.05) is 19.1 Å². The van der Waals surface area contributed by atoms with E-state index >= 15 is 0 Å². The van der Waals surface area contributed by atoms with Gasteiger partial charge in [-0.3, -0.25) is 4.79 Å². The highest BCUT2D eigenvalue weighted by Crippen LogP contribution is 2.23. The molecule has 1 aromatic heterocycles. The number of aryl methyl sites for hydroxylation is 1. The first-order valence-electron chi connectivity index (χ1n) is 9.23. The van der Waals surface area contributed by atoms with Gasteiger partial charge in [-0.2, -0.15) is 4.98 Å². The molecule has 0 aliphatic rings. The quantitative estimate of drug-likeness (QED) is 0.448. The summed E-state index contributed by atoms with van der Waals surface area (Å²) in [6.45, 7) is 5.43. The van der Waals surface area contributed by atoms with Crippen molar-refractivity contribution in [2.75, 3.05) is 17.2 Å². The zero-order valence-electron chi connectivity index (χ0n) is 16.5. The molecule has 0 radical (unpaired) electrons. The molecule has 0 aliphatic carbocycles. The Bertz CT molecular complexity index is 1050. The van der Waals surface area contributed by atoms with Gasteiger partial charge in [0.25, 0.3) is 0 Å². The van der Waals surface area contributed by atoms with Crippen LogP contribution in [0.5, 0.6) is 0 Å². The van der Waals surface area contributed by atoms with Gasteiger partial charge in [-0.05, 0) is 45.0 Å². The van der Waals surface area contributed by atoms with Gasteiger partial charge in [-0.25, -0.2) is 9.78 Å². The molecule has 0 spiro atoms. The number of aromatic nitrogens is 2. The fourth-order valence-electron chi connectivity index (χ4n) is 2.75. The number of anilines is 4. The van der Waals surface area contributed by atoms with Crippen molar-refractivity contribution >= 4 is 34.9 Å². The lowest BCUT2D eigenvalue weighted by Crippen LogP contribution is -2.09. The average molecular weight is 390 g/mol. The molecule has 0 saturated heterocycles. The van der Waals surface area contributed by atoms with Crippen LogP contribution in [0, 0.1) is 6.92 Å². The van der Waals surface area contributed by atoms with Gasteiger partial charge in [-0.15, -0.1) is 0 Å². The molecule has 7 heteroatoms. The first kappa shape index (κ1) is 20.0. The van der Waals surface area contributed by atoms with Crippen molar-refractivity contribution in [2.24, 2.45) is 0 Å². The second-order valence-electron chi connectivity index (χ2n) is 6.37. The minimum atomic E-state index is -0.402. The maximum absolute atomic E-state index is 12.2. The van der Waals surface area contributed by atoms with Crippen molar-refractivity contribution in [2.45, 2.75) is 20.8 Å². The van der Waals surface area contributed by atoms with E-state index in [2.05, 4.69) is 20.6 Å². The van der Waals surface area contributed by atoms with Gasteiger partial charge in [0.2, 0.25) is 5.95 Å². The molecule has 1 heterocycles. The van der Waals surface area contributed by atoms with Crippen LogP contribution in [0.4, 0.5) is 23.1 Å². The van der Waals surface area contributed by atoms with Crippen molar-refractivity contribution in [3.8, 4) is 0 Å². The van der Waals surface area contributed by atoms with E-state index in [4.69, 9.17) is 4.74 Å². The topological polar surface area (TPSA) is 93.2 Å². The summed E-state index contributed by atoms with van der Waals surface area (Å²) < 4.78 is 5.11. The first-order valence-corrected chi connectivity index (χ1v) is 9.23. The van der Waals surface area contributed by atoms with Crippen molar-refractivity contribution in [3.63, 3.8) is 0 Å². The molecule has 29 heavy (non-hydrogen) atoms. The largest absolute Gasteiger partial charge is 0.462 e. The number of rotatable bonds is 7. The Hall–Kier alpha value is -3.74. The molecule has 3 aromatic rings. The number of hydrogen-bond donors (Lipinski definition) is 2. The van der Waals surface area contributed by atoms with Crippen LogP contribution in [-0.2, 0) is 4.74 Å². The molecule has 0 fully saturated rings. The Kier molecular flexibility index (Phi) is 6.19. The number of ether oxygens (including phenoxy) is 1. The fraction of sp³-hybridized carbons (Fsp3) is 0.182. The molecule has 0 bridgehead atoms. The van der Waals surface area contributed by atoms with Gasteiger partial charge in [0.1, 0.15) is 5.82 Å². The Morgan fingerprint density at radius 2 is 1.79 bits per heavy atom. The number of ketones is 1. The average Bonchev–Trinajstić information content (AvgIpc) is 2.68. The van der Waals surface area contributed by atoms with Crippen LogP contribution < -0.4 is 10.6 Å². The maximum atomic E-state index is 12.2. The van der Waals surface area contributed by atoms with Crippen LogP contribution in [0.25, 0.3) is 0 Å². The number of carbonyl (C=O) groups is 2. The predicted molar refractivity (Wildman–Crippen MR) is 112 cm³/mol. The summed E-state index contributed by atoms with van der Waals surface area (Å²) in [6.07, 6.45) is 0. The SMILES string of the molecule is CCOC(=O)c1ccccc1Nc1cc(C)nc(Nc2cccc(C(C)=O)c2)n1. The molecule has 2 N–H and O–H groups in total. The second kappa shape index (κ2) is 8.97. The third-order valence-electron chi connectivity index (χ3n) is 4.06. The highest BCUT2D eigenvalue weighted by molar-refractivity contribution is 5.96. The van der Waals surface area contributed by atoms with Gasteiger partial charge in [0.05, 0.1) is 17.9 Å². The number of carbonyl (C=O) groups excluding carboxylic acids is 2. The molecule has 0 aliphatic heterocycles. The van der Waals surface area contributed by atoms with E-state index in [1.54, 1.807) is 49.4 Å². The van der Waals surface area contributed by atoms with E-state index in [1.165, 1.54) is 6.92 Å². The number of esters is 1. The normalized spacial score (nSPS) is 10.3. The molecular weight excluding hydrogens is 368 g/mol. The smallest absolute Gasteiger partial charge is 0.340 e. The summed E-state index contributed by atoms with van der Waals surface area (Å²) in [5, 5.41) is 6.28. The van der Waals surface area contributed by atoms with Crippen LogP contribution in [0.2, 0.25) is 0 Å². The lowest BCUT2D eigenvalue weighted by atomic mass is 10.1. The molecule has 0 unspecified atom stereocenters. The fourth-order valence-corrected chi connectivity index (χ4v) is 2.75. The van der Waals surface area contributed by atoms with Crippen molar-refractivity contribution in [3.05, 3.63) is 71.4 Å². The highest BCUT2D eigenvalue weighted by atomic mass is 16.5. The molecule has 148 valence electrons. The van der Waals surface area contributed by atoms with Crippen LogP contribution in [0.1, 0.15) is 40.3 Å². The number of hydrogen-bond acceptors (Lipinski definition) is 7. The molecule has 3 rings (SSSR count). The predicted octanol–water partition coefficient (Wildman–Crippen LogP) is 4.65. The van der Waals surface area contributed by atoms with Gasteiger partial charge in [0, 0.05) is 23.0 Å². The molecule has 0 atom stereocenters. The van der Waals surface area contributed by atoms with Gasteiger partial charge in [0.15, 0.2) is 5.78 Å². The Morgan fingerprint density at radius 3 is 2.55 bits per heavy atom. The van der Waals surface area contributed by atoms with E-state index in [-0.39, 0.29) is 5.78 Å². The van der Waals surface area contributed by atoms with Crippen LogP contribution in [0.3, 0.4) is 0 Å². The standard InChI is InChI=1S/C22H22N4O3/c1-4-29-21(28)18-10-5-6-11-19(18)25-20-12-14(2)23-22(26-20)24-17-9-7-8-16(13-17)15(3)27/h5-13H,4H2,1-3H3,(H2,23,24,25,26). The summed E-state index contributed by atoms with van der Waals surface area (Å²) in [5.74, 6) is 0.485.